The van der Waals surface area contributed by atoms with Gasteiger partial charge in [0.25, 0.3) is 5.56 Å². The molecule has 1 unspecified atom stereocenters. The molecule has 144 valence electrons. The third-order valence-corrected chi connectivity index (χ3v) is 5.74. The Morgan fingerprint density at radius 3 is 2.78 bits per heavy atom. The van der Waals surface area contributed by atoms with Crippen molar-refractivity contribution in [1.29, 1.82) is 0 Å². The highest BCUT2D eigenvalue weighted by Crippen LogP contribution is 2.27. The average molecular weight is 390 g/mol. The first-order chi connectivity index (χ1) is 13.0. The highest BCUT2D eigenvalue weighted by Gasteiger charge is 2.19. The summed E-state index contributed by atoms with van der Waals surface area (Å²) >= 11 is 1.57. The molecule has 0 aliphatic carbocycles. The fourth-order valence-electron chi connectivity index (χ4n) is 2.85. The van der Waals surface area contributed by atoms with E-state index in [2.05, 4.69) is 0 Å². The average Bonchev–Trinajstić information content (AvgIpc) is 3.20. The SMILES string of the molecule is Cn1c(COC(=O)c2ccccc2SCC2CCCO2)cc(=O)n(C)c1=O. The van der Waals surface area contributed by atoms with Gasteiger partial charge in [-0.3, -0.25) is 13.9 Å². The summed E-state index contributed by atoms with van der Waals surface area (Å²) in [6, 6.07) is 8.54. The van der Waals surface area contributed by atoms with Crippen molar-refractivity contribution < 1.29 is 14.3 Å². The van der Waals surface area contributed by atoms with Crippen LogP contribution in [-0.2, 0) is 30.2 Å². The molecule has 1 aromatic heterocycles. The van der Waals surface area contributed by atoms with Gasteiger partial charge in [0.2, 0.25) is 0 Å². The molecule has 0 N–H and O–H groups in total. The summed E-state index contributed by atoms with van der Waals surface area (Å²) in [4.78, 5) is 37.1. The lowest BCUT2D eigenvalue weighted by atomic mass is 10.2. The smallest absolute Gasteiger partial charge is 0.339 e. The van der Waals surface area contributed by atoms with Crippen molar-refractivity contribution >= 4 is 17.7 Å². The summed E-state index contributed by atoms with van der Waals surface area (Å²) in [5.41, 5.74) is -0.0759. The molecule has 1 aliphatic heterocycles. The Kier molecular flexibility index (Phi) is 6.18. The van der Waals surface area contributed by atoms with Gasteiger partial charge in [-0.15, -0.1) is 11.8 Å². The van der Waals surface area contributed by atoms with Crippen molar-refractivity contribution in [3.05, 3.63) is 62.4 Å². The minimum Gasteiger partial charge on any atom is -0.456 e. The predicted octanol–water partition coefficient (Wildman–Crippen LogP) is 1.71. The summed E-state index contributed by atoms with van der Waals surface area (Å²) in [5, 5.41) is 0. The number of aromatic nitrogens is 2. The number of thioether (sulfide) groups is 1. The molecule has 2 aromatic rings. The maximum absolute atomic E-state index is 12.5. The molecule has 0 amide bonds. The normalized spacial score (nSPS) is 16.4. The van der Waals surface area contributed by atoms with E-state index >= 15 is 0 Å². The maximum atomic E-state index is 12.5. The maximum Gasteiger partial charge on any atom is 0.339 e. The number of hydrogen-bond acceptors (Lipinski definition) is 6. The number of rotatable bonds is 6. The van der Waals surface area contributed by atoms with Crippen LogP contribution in [0.2, 0.25) is 0 Å². The monoisotopic (exact) mass is 390 g/mol. The quantitative estimate of drug-likeness (QED) is 0.552. The van der Waals surface area contributed by atoms with Crippen LogP contribution in [0.1, 0.15) is 28.9 Å². The van der Waals surface area contributed by atoms with Crippen molar-refractivity contribution in [2.45, 2.75) is 30.4 Å². The highest BCUT2D eigenvalue weighted by atomic mass is 32.2. The molecule has 1 atom stereocenters. The second kappa shape index (κ2) is 8.58. The van der Waals surface area contributed by atoms with Gasteiger partial charge in [-0.2, -0.15) is 0 Å². The van der Waals surface area contributed by atoms with Crippen molar-refractivity contribution in [3.63, 3.8) is 0 Å². The molecule has 1 saturated heterocycles. The van der Waals surface area contributed by atoms with Crippen LogP contribution >= 0.6 is 11.8 Å². The lowest BCUT2D eigenvalue weighted by Crippen LogP contribution is -2.38. The molecule has 3 rings (SSSR count). The van der Waals surface area contributed by atoms with E-state index in [1.54, 1.807) is 23.9 Å². The van der Waals surface area contributed by atoms with Crippen LogP contribution in [-0.4, -0.2) is 33.6 Å². The fourth-order valence-corrected chi connectivity index (χ4v) is 3.96. The largest absolute Gasteiger partial charge is 0.456 e. The molecule has 2 heterocycles. The first kappa shape index (κ1) is 19.4. The first-order valence-electron chi connectivity index (χ1n) is 8.74. The summed E-state index contributed by atoms with van der Waals surface area (Å²) in [6.45, 7) is 0.648. The van der Waals surface area contributed by atoms with Crippen LogP contribution in [0.4, 0.5) is 0 Å². The summed E-state index contributed by atoms with van der Waals surface area (Å²) < 4.78 is 13.3. The van der Waals surface area contributed by atoms with Crippen LogP contribution in [0.3, 0.4) is 0 Å². The van der Waals surface area contributed by atoms with Crippen LogP contribution < -0.4 is 11.2 Å². The molecule has 8 heteroatoms. The Morgan fingerprint density at radius 2 is 2.04 bits per heavy atom. The first-order valence-corrected chi connectivity index (χ1v) is 9.72. The number of hydrogen-bond donors (Lipinski definition) is 0. The van der Waals surface area contributed by atoms with Gasteiger partial charge in [0.1, 0.15) is 6.61 Å². The number of nitrogens with zero attached hydrogens (tertiary/aromatic N) is 2. The highest BCUT2D eigenvalue weighted by molar-refractivity contribution is 7.99. The standard InChI is InChI=1S/C19H22N2O5S/c1-20-13(10-17(22)21(2)19(20)24)11-26-18(23)15-7-3-4-8-16(15)27-12-14-6-5-9-25-14/h3-4,7-8,10,14H,5-6,9,11-12H2,1-2H3. The second-order valence-electron chi connectivity index (χ2n) is 6.39. The zero-order valence-electron chi connectivity index (χ0n) is 15.3. The van der Waals surface area contributed by atoms with E-state index in [9.17, 15) is 14.4 Å². The Labute approximate surface area is 160 Å². The van der Waals surface area contributed by atoms with E-state index in [1.165, 1.54) is 24.7 Å². The number of benzene rings is 1. The van der Waals surface area contributed by atoms with Gasteiger partial charge in [0, 0.05) is 37.4 Å². The van der Waals surface area contributed by atoms with E-state index in [4.69, 9.17) is 9.47 Å². The van der Waals surface area contributed by atoms with Crippen LogP contribution in [0.15, 0.2) is 44.8 Å². The molecule has 27 heavy (non-hydrogen) atoms. The van der Waals surface area contributed by atoms with Crippen LogP contribution in [0.5, 0.6) is 0 Å². The third-order valence-electron chi connectivity index (χ3n) is 4.53. The molecule has 0 spiro atoms. The Hall–Kier alpha value is -2.32. The number of ether oxygens (including phenoxy) is 2. The van der Waals surface area contributed by atoms with Gasteiger partial charge in [0.15, 0.2) is 0 Å². The summed E-state index contributed by atoms with van der Waals surface area (Å²) in [7, 11) is 2.94. The zero-order valence-corrected chi connectivity index (χ0v) is 16.2. The number of carbonyl (C=O) groups is 1. The number of carbonyl (C=O) groups excluding carboxylic acids is 1. The zero-order chi connectivity index (χ0) is 19.4. The minimum atomic E-state index is -0.487. The third kappa shape index (κ3) is 4.51. The summed E-state index contributed by atoms with van der Waals surface area (Å²) in [6.07, 6.45) is 2.33. The van der Waals surface area contributed by atoms with Gasteiger partial charge < -0.3 is 9.47 Å². The second-order valence-corrected chi connectivity index (χ2v) is 7.45. The van der Waals surface area contributed by atoms with Gasteiger partial charge in [-0.25, -0.2) is 9.59 Å². The van der Waals surface area contributed by atoms with Gasteiger partial charge in [0.05, 0.1) is 17.4 Å². The molecule has 0 radical (unpaired) electrons. The van der Waals surface area contributed by atoms with Crippen molar-refractivity contribution in [1.82, 2.24) is 9.13 Å². The van der Waals surface area contributed by atoms with E-state index in [0.717, 1.165) is 34.7 Å². The Bertz CT molecular complexity index is 944. The van der Waals surface area contributed by atoms with E-state index in [0.29, 0.717) is 11.3 Å². The van der Waals surface area contributed by atoms with Gasteiger partial charge in [-0.05, 0) is 25.0 Å². The van der Waals surface area contributed by atoms with E-state index < -0.39 is 17.2 Å². The number of esters is 1. The van der Waals surface area contributed by atoms with E-state index in [-0.39, 0.29) is 12.7 Å². The fraction of sp³-hybridized carbons (Fsp3) is 0.421. The Balaban J connectivity index is 1.70. The van der Waals surface area contributed by atoms with Gasteiger partial charge in [-0.1, -0.05) is 12.1 Å². The van der Waals surface area contributed by atoms with Crippen molar-refractivity contribution in [3.8, 4) is 0 Å². The molecule has 1 aliphatic rings. The topological polar surface area (TPSA) is 79.5 Å². The predicted molar refractivity (Wildman–Crippen MR) is 102 cm³/mol. The minimum absolute atomic E-state index is 0.147. The Morgan fingerprint density at radius 1 is 1.26 bits per heavy atom. The molecule has 1 fully saturated rings. The van der Waals surface area contributed by atoms with Gasteiger partial charge >= 0.3 is 11.7 Å². The molecular formula is C19H22N2O5S. The molecular weight excluding hydrogens is 368 g/mol. The van der Waals surface area contributed by atoms with Crippen LogP contribution in [0.25, 0.3) is 0 Å². The van der Waals surface area contributed by atoms with E-state index in [1.807, 2.05) is 12.1 Å². The lowest BCUT2D eigenvalue weighted by Gasteiger charge is -2.13. The lowest BCUT2D eigenvalue weighted by molar-refractivity contribution is 0.0458. The van der Waals surface area contributed by atoms with Crippen molar-refractivity contribution in [2.75, 3.05) is 12.4 Å². The molecule has 0 bridgehead atoms. The summed E-state index contributed by atoms with van der Waals surface area (Å²) in [5.74, 6) is 0.298. The van der Waals surface area contributed by atoms with Crippen LogP contribution in [0, 0.1) is 0 Å². The van der Waals surface area contributed by atoms with Crippen molar-refractivity contribution in [2.24, 2.45) is 14.1 Å². The molecule has 7 nitrogen and oxygen atoms in total. The molecule has 1 aromatic carbocycles. The molecule has 0 saturated carbocycles.